The van der Waals surface area contributed by atoms with E-state index in [9.17, 15) is 4.79 Å². The highest BCUT2D eigenvalue weighted by atomic mass is 35.5. The molecule has 168 valence electrons. The molecule has 0 aliphatic carbocycles. The van der Waals surface area contributed by atoms with Gasteiger partial charge < -0.3 is 15.9 Å². The predicted octanol–water partition coefficient (Wildman–Crippen LogP) is 5.28. The lowest BCUT2D eigenvalue weighted by Crippen LogP contribution is -2.16. The van der Waals surface area contributed by atoms with Crippen LogP contribution in [-0.2, 0) is 11.4 Å². The molecule has 0 saturated heterocycles. The molecular formula is C23H19Cl2N5O2S. The molecule has 0 fully saturated rings. The number of carbonyl (C=O) groups is 1. The molecule has 1 aromatic heterocycles. The second-order valence-corrected chi connectivity index (χ2v) is 8.72. The van der Waals surface area contributed by atoms with Crippen molar-refractivity contribution in [2.24, 2.45) is 0 Å². The Morgan fingerprint density at radius 2 is 1.79 bits per heavy atom. The van der Waals surface area contributed by atoms with E-state index in [0.29, 0.717) is 38.9 Å². The Kier molecular flexibility index (Phi) is 7.39. The number of benzene rings is 3. The highest BCUT2D eigenvalue weighted by molar-refractivity contribution is 7.99. The highest BCUT2D eigenvalue weighted by Gasteiger charge is 2.16. The zero-order valence-corrected chi connectivity index (χ0v) is 19.6. The normalized spacial score (nSPS) is 10.7. The SMILES string of the molecule is Nn1c(SCC(=O)Nc2ccc(OCc3ccccc3)cc2)nnc1-c1ccc(Cl)cc1Cl. The third-order valence-corrected chi connectivity index (χ3v) is 6.05. The lowest BCUT2D eigenvalue weighted by Gasteiger charge is -2.09. The maximum absolute atomic E-state index is 12.4. The van der Waals surface area contributed by atoms with Crippen molar-refractivity contribution in [3.05, 3.63) is 88.4 Å². The average molecular weight is 500 g/mol. The van der Waals surface area contributed by atoms with E-state index in [1.54, 1.807) is 30.3 Å². The van der Waals surface area contributed by atoms with Crippen LogP contribution in [-0.4, -0.2) is 26.5 Å². The van der Waals surface area contributed by atoms with Gasteiger partial charge in [-0.2, -0.15) is 0 Å². The fourth-order valence-corrected chi connectivity index (χ4v) is 4.08. The molecule has 0 spiro atoms. The van der Waals surface area contributed by atoms with Crippen LogP contribution in [0.4, 0.5) is 5.69 Å². The number of amides is 1. The number of halogens is 2. The number of nitrogen functional groups attached to an aromatic ring is 1. The Hall–Kier alpha value is -3.20. The molecule has 0 bridgehead atoms. The van der Waals surface area contributed by atoms with Gasteiger partial charge in [0.25, 0.3) is 0 Å². The first-order chi connectivity index (χ1) is 16.0. The molecular weight excluding hydrogens is 481 g/mol. The van der Waals surface area contributed by atoms with E-state index in [1.807, 2.05) is 42.5 Å². The van der Waals surface area contributed by atoms with Gasteiger partial charge in [-0.15, -0.1) is 10.2 Å². The topological polar surface area (TPSA) is 95.1 Å². The minimum absolute atomic E-state index is 0.107. The zero-order chi connectivity index (χ0) is 23.2. The van der Waals surface area contributed by atoms with Crippen LogP contribution >= 0.6 is 35.0 Å². The number of thioether (sulfide) groups is 1. The summed E-state index contributed by atoms with van der Waals surface area (Å²) in [5.41, 5.74) is 2.35. The monoisotopic (exact) mass is 499 g/mol. The maximum atomic E-state index is 12.4. The molecule has 0 aliphatic heterocycles. The largest absolute Gasteiger partial charge is 0.489 e. The van der Waals surface area contributed by atoms with Crippen LogP contribution in [0, 0.1) is 0 Å². The van der Waals surface area contributed by atoms with Crippen LogP contribution in [0.5, 0.6) is 5.75 Å². The molecule has 3 N–H and O–H groups in total. The fourth-order valence-electron chi connectivity index (χ4n) is 2.93. The van der Waals surface area contributed by atoms with Crippen LogP contribution in [0.15, 0.2) is 78.0 Å². The van der Waals surface area contributed by atoms with Gasteiger partial charge in [-0.25, -0.2) is 4.68 Å². The third kappa shape index (κ3) is 5.98. The smallest absolute Gasteiger partial charge is 0.234 e. The van der Waals surface area contributed by atoms with Crippen LogP contribution in [0.2, 0.25) is 10.0 Å². The molecule has 4 rings (SSSR count). The molecule has 10 heteroatoms. The van der Waals surface area contributed by atoms with Crippen molar-refractivity contribution in [3.8, 4) is 17.1 Å². The van der Waals surface area contributed by atoms with Crippen molar-refractivity contribution in [2.75, 3.05) is 16.9 Å². The number of nitrogens with zero attached hydrogens (tertiary/aromatic N) is 3. The minimum Gasteiger partial charge on any atom is -0.489 e. The van der Waals surface area contributed by atoms with E-state index < -0.39 is 0 Å². The molecule has 0 unspecified atom stereocenters. The van der Waals surface area contributed by atoms with E-state index >= 15 is 0 Å². The summed E-state index contributed by atoms with van der Waals surface area (Å²) in [6, 6.07) is 22.1. The number of anilines is 1. The van der Waals surface area contributed by atoms with Gasteiger partial charge in [0.15, 0.2) is 5.82 Å². The first-order valence-electron chi connectivity index (χ1n) is 9.85. The maximum Gasteiger partial charge on any atom is 0.234 e. The molecule has 0 radical (unpaired) electrons. The predicted molar refractivity (Wildman–Crippen MR) is 132 cm³/mol. The van der Waals surface area contributed by atoms with Crippen molar-refractivity contribution >= 4 is 46.6 Å². The Morgan fingerprint density at radius 3 is 2.52 bits per heavy atom. The van der Waals surface area contributed by atoms with Gasteiger partial charge in [0, 0.05) is 16.3 Å². The Balaban J connectivity index is 1.30. The standard InChI is InChI=1S/C23H19Cl2N5O2S/c24-16-6-11-19(20(25)12-16)22-28-29-23(30(22)26)33-14-21(31)27-17-7-9-18(10-8-17)32-13-15-4-2-1-3-5-15/h1-12H,13-14,26H2,(H,27,31). The molecule has 33 heavy (non-hydrogen) atoms. The number of aromatic nitrogens is 3. The fraction of sp³-hybridized carbons (Fsp3) is 0.0870. The lowest BCUT2D eigenvalue weighted by molar-refractivity contribution is -0.113. The number of nitrogens with two attached hydrogens (primary N) is 1. The average Bonchev–Trinajstić information content (AvgIpc) is 3.18. The quantitative estimate of drug-likeness (QED) is 0.253. The van der Waals surface area contributed by atoms with Crippen LogP contribution < -0.4 is 15.9 Å². The Bertz CT molecular complexity index is 1250. The van der Waals surface area contributed by atoms with Gasteiger partial charge in [0.1, 0.15) is 12.4 Å². The number of ether oxygens (including phenoxy) is 1. The molecule has 0 atom stereocenters. The Morgan fingerprint density at radius 1 is 1.03 bits per heavy atom. The van der Waals surface area contributed by atoms with Crippen LogP contribution in [0.25, 0.3) is 11.4 Å². The van der Waals surface area contributed by atoms with E-state index in [1.165, 1.54) is 16.4 Å². The first kappa shape index (κ1) is 23.0. The molecule has 7 nitrogen and oxygen atoms in total. The van der Waals surface area contributed by atoms with Gasteiger partial charge in [0.05, 0.1) is 10.8 Å². The summed E-state index contributed by atoms with van der Waals surface area (Å²) in [7, 11) is 0. The van der Waals surface area contributed by atoms with Crippen molar-refractivity contribution in [3.63, 3.8) is 0 Å². The highest BCUT2D eigenvalue weighted by Crippen LogP contribution is 2.30. The lowest BCUT2D eigenvalue weighted by atomic mass is 10.2. The van der Waals surface area contributed by atoms with E-state index in [2.05, 4.69) is 15.5 Å². The van der Waals surface area contributed by atoms with Crippen LogP contribution in [0.1, 0.15) is 5.56 Å². The van der Waals surface area contributed by atoms with Crippen LogP contribution in [0.3, 0.4) is 0 Å². The van der Waals surface area contributed by atoms with E-state index in [4.69, 9.17) is 33.8 Å². The molecule has 1 heterocycles. The molecule has 0 aliphatic rings. The zero-order valence-electron chi connectivity index (χ0n) is 17.2. The molecule has 1 amide bonds. The van der Waals surface area contributed by atoms with Crippen molar-refractivity contribution < 1.29 is 9.53 Å². The third-order valence-electron chi connectivity index (χ3n) is 4.56. The van der Waals surface area contributed by atoms with Crippen molar-refractivity contribution in [1.82, 2.24) is 14.9 Å². The van der Waals surface area contributed by atoms with Gasteiger partial charge in [-0.1, -0.05) is 65.3 Å². The second kappa shape index (κ2) is 10.6. The number of carbonyl (C=O) groups excluding carboxylic acids is 1. The van der Waals surface area contributed by atoms with Gasteiger partial charge in [0.2, 0.25) is 11.1 Å². The van der Waals surface area contributed by atoms with Gasteiger partial charge >= 0.3 is 0 Å². The summed E-state index contributed by atoms with van der Waals surface area (Å²) in [5, 5.41) is 12.3. The van der Waals surface area contributed by atoms with Gasteiger partial charge in [-0.3, -0.25) is 4.79 Å². The van der Waals surface area contributed by atoms with E-state index in [-0.39, 0.29) is 11.7 Å². The summed E-state index contributed by atoms with van der Waals surface area (Å²) < 4.78 is 7.06. The summed E-state index contributed by atoms with van der Waals surface area (Å²) in [4.78, 5) is 12.4. The van der Waals surface area contributed by atoms with E-state index in [0.717, 1.165) is 11.3 Å². The second-order valence-electron chi connectivity index (χ2n) is 6.94. The minimum atomic E-state index is -0.202. The summed E-state index contributed by atoms with van der Waals surface area (Å²) in [5.74, 6) is 7.11. The summed E-state index contributed by atoms with van der Waals surface area (Å²) in [6.45, 7) is 0.478. The number of hydrogen-bond donors (Lipinski definition) is 2. The molecule has 3 aromatic carbocycles. The number of hydrogen-bond acceptors (Lipinski definition) is 6. The summed E-state index contributed by atoms with van der Waals surface area (Å²) in [6.07, 6.45) is 0. The van der Waals surface area contributed by atoms with Crippen molar-refractivity contribution in [2.45, 2.75) is 11.8 Å². The number of rotatable bonds is 8. The van der Waals surface area contributed by atoms with Gasteiger partial charge in [-0.05, 0) is 48.0 Å². The molecule has 0 saturated carbocycles. The van der Waals surface area contributed by atoms with Crippen molar-refractivity contribution in [1.29, 1.82) is 0 Å². The Labute approximate surface area is 204 Å². The number of nitrogens with one attached hydrogen (secondary N) is 1. The summed E-state index contributed by atoms with van der Waals surface area (Å²) >= 11 is 13.3. The molecule has 4 aromatic rings. The first-order valence-corrected chi connectivity index (χ1v) is 11.6.